The summed E-state index contributed by atoms with van der Waals surface area (Å²) < 4.78 is 13.3. The molecule has 0 N–H and O–H groups in total. The molecule has 0 saturated heterocycles. The van der Waals surface area contributed by atoms with Crippen molar-refractivity contribution in [1.29, 1.82) is 0 Å². The molecule has 0 aromatic carbocycles. The first-order valence-corrected chi connectivity index (χ1v) is 7.84. The summed E-state index contributed by atoms with van der Waals surface area (Å²) in [6.07, 6.45) is 3.15. The van der Waals surface area contributed by atoms with Crippen LogP contribution in [-0.2, 0) is 0 Å². The van der Waals surface area contributed by atoms with Gasteiger partial charge in [-0.1, -0.05) is 0 Å². The second-order valence-electron chi connectivity index (χ2n) is 5.86. The summed E-state index contributed by atoms with van der Waals surface area (Å²) in [4.78, 5) is 34.7. The Hall–Kier alpha value is -3.68. The van der Waals surface area contributed by atoms with E-state index in [0.29, 0.717) is 33.6 Å². The van der Waals surface area contributed by atoms with E-state index >= 15 is 0 Å². The fourth-order valence-corrected chi connectivity index (χ4v) is 3.51. The Morgan fingerprint density at radius 1 is 0.769 bits per heavy atom. The van der Waals surface area contributed by atoms with E-state index in [1.807, 2.05) is 0 Å². The third-order valence-corrected chi connectivity index (χ3v) is 4.59. The zero-order valence-corrected chi connectivity index (χ0v) is 13.9. The molecule has 5 aromatic heterocycles. The van der Waals surface area contributed by atoms with Gasteiger partial charge in [0.15, 0.2) is 0 Å². The molecule has 0 radical (unpaired) electrons. The summed E-state index contributed by atoms with van der Waals surface area (Å²) in [7, 11) is 2.95. The number of ether oxygens (including phenoxy) is 2. The van der Waals surface area contributed by atoms with E-state index in [9.17, 15) is 9.59 Å². The number of fused-ring (bicyclic) bond motifs is 6. The highest BCUT2D eigenvalue weighted by atomic mass is 16.5. The number of pyridine rings is 2. The van der Waals surface area contributed by atoms with Crippen molar-refractivity contribution in [2.24, 2.45) is 0 Å². The zero-order valence-electron chi connectivity index (χ0n) is 13.9. The summed E-state index contributed by atoms with van der Waals surface area (Å²) in [5, 5.41) is 1.40. The molecule has 8 nitrogen and oxygen atoms in total. The topological polar surface area (TPSA) is 87.2 Å². The zero-order chi connectivity index (χ0) is 18.0. The third kappa shape index (κ3) is 1.62. The van der Waals surface area contributed by atoms with Crippen LogP contribution >= 0.6 is 0 Å². The lowest BCUT2D eigenvalue weighted by Crippen LogP contribution is -2.25. The highest BCUT2D eigenvalue weighted by Gasteiger charge is 2.20. The predicted molar refractivity (Wildman–Crippen MR) is 95.8 cm³/mol. The first-order valence-electron chi connectivity index (χ1n) is 7.84. The van der Waals surface area contributed by atoms with Gasteiger partial charge in [-0.15, -0.1) is 0 Å². The van der Waals surface area contributed by atoms with Crippen LogP contribution in [0.15, 0.2) is 46.2 Å². The second-order valence-corrected chi connectivity index (χ2v) is 5.86. The van der Waals surface area contributed by atoms with Crippen molar-refractivity contribution in [2.75, 3.05) is 14.2 Å². The summed E-state index contributed by atoms with van der Waals surface area (Å²) in [5.74, 6) is 0.581. The van der Waals surface area contributed by atoms with E-state index in [1.165, 1.54) is 23.0 Å². The van der Waals surface area contributed by atoms with E-state index in [0.717, 1.165) is 0 Å². The van der Waals surface area contributed by atoms with Gasteiger partial charge in [0.25, 0.3) is 11.1 Å². The Bertz CT molecular complexity index is 1340. The third-order valence-electron chi connectivity index (χ3n) is 4.59. The van der Waals surface area contributed by atoms with E-state index in [1.54, 1.807) is 36.7 Å². The van der Waals surface area contributed by atoms with Gasteiger partial charge in [-0.3, -0.25) is 18.4 Å². The molecule has 0 fully saturated rings. The summed E-state index contributed by atoms with van der Waals surface area (Å²) in [5.41, 5.74) is 0.771. The molecule has 0 amide bonds. The van der Waals surface area contributed by atoms with E-state index < -0.39 is 0 Å². The molecular formula is C18H12N4O4. The number of aromatic nitrogens is 4. The van der Waals surface area contributed by atoms with Gasteiger partial charge >= 0.3 is 0 Å². The Labute approximate surface area is 145 Å². The molecule has 0 saturated carbocycles. The molecule has 0 aliphatic heterocycles. The minimum atomic E-state index is -0.334. The summed E-state index contributed by atoms with van der Waals surface area (Å²) >= 11 is 0. The van der Waals surface area contributed by atoms with Gasteiger partial charge in [0.1, 0.15) is 22.1 Å². The van der Waals surface area contributed by atoms with Crippen LogP contribution in [0.3, 0.4) is 0 Å². The normalized spacial score (nSPS) is 11.8. The number of hydrogen-bond donors (Lipinski definition) is 0. The maximum Gasteiger partial charge on any atom is 0.280 e. The molecule has 5 rings (SSSR count). The second kappa shape index (κ2) is 4.92. The molecule has 5 heterocycles. The quantitative estimate of drug-likeness (QED) is 0.480. The molecule has 0 unspecified atom stereocenters. The van der Waals surface area contributed by atoms with Crippen molar-refractivity contribution in [2.45, 2.75) is 0 Å². The van der Waals surface area contributed by atoms with Crippen molar-refractivity contribution in [1.82, 2.24) is 18.8 Å². The highest BCUT2D eigenvalue weighted by Crippen LogP contribution is 2.27. The minimum absolute atomic E-state index is 0.243. The highest BCUT2D eigenvalue weighted by molar-refractivity contribution is 5.94. The van der Waals surface area contributed by atoms with Crippen molar-refractivity contribution in [3.05, 3.63) is 57.4 Å². The van der Waals surface area contributed by atoms with E-state index in [2.05, 4.69) is 9.97 Å². The standard InChI is InChI=1S/C18H12N4O4/c1-25-15-13-9(3-5-19-15)7-11-18(24)22-12(17(23)21(11)13)8-10-4-6-20-16(26-2)14(10)22/h3-8H,1-2H3. The monoisotopic (exact) mass is 348 g/mol. The summed E-state index contributed by atoms with van der Waals surface area (Å²) in [6.45, 7) is 0. The Balaban J connectivity index is 2.14. The molecule has 8 heteroatoms. The lowest BCUT2D eigenvalue weighted by Gasteiger charge is -2.04. The first-order chi connectivity index (χ1) is 12.7. The fourth-order valence-electron chi connectivity index (χ4n) is 3.51. The Morgan fingerprint density at radius 2 is 1.19 bits per heavy atom. The Kier molecular flexibility index (Phi) is 2.77. The van der Waals surface area contributed by atoms with Gasteiger partial charge < -0.3 is 9.47 Å². The van der Waals surface area contributed by atoms with Gasteiger partial charge in [0, 0.05) is 23.2 Å². The van der Waals surface area contributed by atoms with Gasteiger partial charge in [-0.05, 0) is 24.3 Å². The fraction of sp³-hybridized carbons (Fsp3) is 0.111. The minimum Gasteiger partial charge on any atom is -0.479 e. The molecule has 0 atom stereocenters. The number of hydrogen-bond acceptors (Lipinski definition) is 6. The van der Waals surface area contributed by atoms with Gasteiger partial charge in [0.2, 0.25) is 11.8 Å². The molecule has 0 spiro atoms. The van der Waals surface area contributed by atoms with Crippen LogP contribution in [0.5, 0.6) is 11.8 Å². The van der Waals surface area contributed by atoms with Crippen molar-refractivity contribution in [3.8, 4) is 11.8 Å². The molecule has 0 aliphatic rings. The maximum atomic E-state index is 13.2. The van der Waals surface area contributed by atoms with E-state index in [-0.39, 0.29) is 22.2 Å². The van der Waals surface area contributed by atoms with Crippen molar-refractivity contribution >= 4 is 32.8 Å². The Morgan fingerprint density at radius 3 is 1.58 bits per heavy atom. The van der Waals surface area contributed by atoms with Gasteiger partial charge in [-0.25, -0.2) is 9.97 Å². The van der Waals surface area contributed by atoms with Crippen LogP contribution < -0.4 is 20.6 Å². The van der Waals surface area contributed by atoms with Crippen LogP contribution in [0.25, 0.3) is 32.8 Å². The molecule has 128 valence electrons. The smallest absolute Gasteiger partial charge is 0.280 e. The van der Waals surface area contributed by atoms with Crippen molar-refractivity contribution in [3.63, 3.8) is 0 Å². The molecule has 26 heavy (non-hydrogen) atoms. The van der Waals surface area contributed by atoms with Gasteiger partial charge in [0.05, 0.1) is 14.2 Å². The lowest BCUT2D eigenvalue weighted by molar-refractivity contribution is 0.401. The number of methoxy groups -OCH3 is 2. The number of rotatable bonds is 2. The predicted octanol–water partition coefficient (Wildman–Crippen LogP) is 1.46. The lowest BCUT2D eigenvalue weighted by atomic mass is 10.3. The SMILES string of the molecule is COc1nccc2cc3c(=O)n4c(cc5ccnc(OC)c54)c(=O)n3c12. The average molecular weight is 348 g/mol. The molecule has 0 aliphatic carbocycles. The largest absolute Gasteiger partial charge is 0.479 e. The van der Waals surface area contributed by atoms with Crippen LogP contribution in [0.1, 0.15) is 0 Å². The first kappa shape index (κ1) is 14.6. The van der Waals surface area contributed by atoms with Gasteiger partial charge in [-0.2, -0.15) is 0 Å². The molecule has 0 bridgehead atoms. The average Bonchev–Trinajstić information content (AvgIpc) is 3.25. The molecule has 5 aromatic rings. The van der Waals surface area contributed by atoms with Crippen LogP contribution in [0, 0.1) is 0 Å². The maximum absolute atomic E-state index is 13.2. The van der Waals surface area contributed by atoms with E-state index in [4.69, 9.17) is 9.47 Å². The van der Waals surface area contributed by atoms with Crippen molar-refractivity contribution < 1.29 is 9.47 Å². The number of nitrogens with zero attached hydrogens (tertiary/aromatic N) is 4. The molecular weight excluding hydrogens is 336 g/mol. The van der Waals surface area contributed by atoms with Crippen LogP contribution in [-0.4, -0.2) is 33.0 Å². The summed E-state index contributed by atoms with van der Waals surface area (Å²) in [6, 6.07) is 6.80. The van der Waals surface area contributed by atoms with Crippen LogP contribution in [0.2, 0.25) is 0 Å². The van der Waals surface area contributed by atoms with Crippen LogP contribution in [0.4, 0.5) is 0 Å².